The summed E-state index contributed by atoms with van der Waals surface area (Å²) in [5, 5.41) is 2.99. The molecule has 0 aliphatic rings. The smallest absolute Gasteiger partial charge is 0.223 e. The van der Waals surface area contributed by atoms with E-state index < -0.39 is 0 Å². The fraction of sp³-hybridized carbons (Fsp3) is 0.917. The molecule has 0 spiro atoms. The maximum Gasteiger partial charge on any atom is 0.223 e. The van der Waals surface area contributed by atoms with Gasteiger partial charge >= 0.3 is 0 Å². The fourth-order valence-corrected chi connectivity index (χ4v) is 1.58. The molecule has 1 N–H and O–H groups in total. The van der Waals surface area contributed by atoms with Crippen molar-refractivity contribution in [3.05, 3.63) is 0 Å². The Morgan fingerprint density at radius 1 is 1.07 bits per heavy atom. The molecule has 0 radical (unpaired) electrons. The zero-order chi connectivity index (χ0) is 11.3. The van der Waals surface area contributed by atoms with Crippen molar-refractivity contribution in [1.82, 2.24) is 5.32 Å². The third-order valence-corrected chi connectivity index (χ3v) is 2.30. The predicted molar refractivity (Wildman–Crippen MR) is 61.1 cm³/mol. The minimum atomic E-state index is 0.164. The second-order valence-corrected chi connectivity index (χ2v) is 5.14. The van der Waals surface area contributed by atoms with Crippen molar-refractivity contribution in [3.8, 4) is 0 Å². The maximum absolute atomic E-state index is 11.8. The van der Waals surface area contributed by atoms with Crippen LogP contribution < -0.4 is 5.32 Å². The molecule has 0 fully saturated rings. The number of rotatable bonds is 5. The molecule has 0 aromatic rings. The Morgan fingerprint density at radius 2 is 1.57 bits per heavy atom. The molecular weight excluding hydrogens is 174 g/mol. The van der Waals surface area contributed by atoms with E-state index in [9.17, 15) is 4.79 Å². The first-order valence-electron chi connectivity index (χ1n) is 5.65. The molecule has 0 aromatic carbocycles. The van der Waals surface area contributed by atoms with Gasteiger partial charge in [0.2, 0.25) is 5.91 Å². The number of nitrogens with one attached hydrogen (secondary N) is 1. The van der Waals surface area contributed by atoms with Gasteiger partial charge in [0.15, 0.2) is 0 Å². The Hall–Kier alpha value is -0.530. The summed E-state index contributed by atoms with van der Waals surface area (Å²) < 4.78 is 0. The van der Waals surface area contributed by atoms with Gasteiger partial charge in [-0.05, 0) is 32.1 Å². The van der Waals surface area contributed by atoms with E-state index in [4.69, 9.17) is 0 Å². The van der Waals surface area contributed by atoms with Crippen molar-refractivity contribution in [2.75, 3.05) is 0 Å². The average Bonchev–Trinajstić information content (AvgIpc) is 1.97. The van der Waals surface area contributed by atoms with Crippen molar-refractivity contribution in [2.45, 2.75) is 54.0 Å². The molecule has 2 heteroatoms. The largest absolute Gasteiger partial charge is 0.354 e. The third-order valence-electron chi connectivity index (χ3n) is 2.30. The average molecular weight is 199 g/mol. The topological polar surface area (TPSA) is 29.1 Å². The molecule has 14 heavy (non-hydrogen) atoms. The van der Waals surface area contributed by atoms with Crippen molar-refractivity contribution in [3.63, 3.8) is 0 Å². The molecule has 1 amide bonds. The lowest BCUT2D eigenvalue weighted by atomic mass is 9.87. The van der Waals surface area contributed by atoms with E-state index in [0.717, 1.165) is 6.42 Å². The van der Waals surface area contributed by atoms with Gasteiger partial charge in [0.25, 0.3) is 0 Å². The Balaban J connectivity index is 4.26. The van der Waals surface area contributed by atoms with Gasteiger partial charge < -0.3 is 5.32 Å². The number of hydrogen-bond acceptors (Lipinski definition) is 1. The highest BCUT2D eigenvalue weighted by molar-refractivity contribution is 5.79. The lowest BCUT2D eigenvalue weighted by Gasteiger charge is -2.23. The molecule has 0 aliphatic heterocycles. The minimum Gasteiger partial charge on any atom is -0.354 e. The Bertz CT molecular complexity index is 173. The quantitative estimate of drug-likeness (QED) is 0.725. The SMILES string of the molecule is CC(C)CC(C(=O)NC(C)C)C(C)C. The number of carbonyl (C=O) groups is 1. The first-order valence-corrected chi connectivity index (χ1v) is 5.65. The molecule has 0 aromatic heterocycles. The van der Waals surface area contributed by atoms with E-state index in [1.165, 1.54) is 0 Å². The van der Waals surface area contributed by atoms with Gasteiger partial charge in [0, 0.05) is 12.0 Å². The number of amides is 1. The molecule has 1 atom stereocenters. The molecule has 0 heterocycles. The van der Waals surface area contributed by atoms with E-state index in [0.29, 0.717) is 11.8 Å². The molecule has 0 bridgehead atoms. The standard InChI is InChI=1S/C12H25NO/c1-8(2)7-11(9(3)4)12(14)13-10(5)6/h8-11H,7H2,1-6H3,(H,13,14). The summed E-state index contributed by atoms with van der Waals surface area (Å²) in [5.74, 6) is 1.39. The monoisotopic (exact) mass is 199 g/mol. The summed E-state index contributed by atoms with van der Waals surface area (Å²) in [4.78, 5) is 11.8. The highest BCUT2D eigenvalue weighted by Crippen LogP contribution is 2.20. The zero-order valence-corrected chi connectivity index (χ0v) is 10.4. The van der Waals surface area contributed by atoms with Crippen molar-refractivity contribution < 1.29 is 4.79 Å². The second-order valence-electron chi connectivity index (χ2n) is 5.14. The van der Waals surface area contributed by atoms with Crippen LogP contribution in [0.5, 0.6) is 0 Å². The maximum atomic E-state index is 11.8. The van der Waals surface area contributed by atoms with Crippen LogP contribution in [0.4, 0.5) is 0 Å². The normalized spacial score (nSPS) is 13.8. The molecular formula is C12H25NO. The van der Waals surface area contributed by atoms with Crippen molar-refractivity contribution in [1.29, 1.82) is 0 Å². The predicted octanol–water partition coefficient (Wildman–Crippen LogP) is 2.83. The van der Waals surface area contributed by atoms with Crippen LogP contribution in [0.2, 0.25) is 0 Å². The van der Waals surface area contributed by atoms with Crippen molar-refractivity contribution >= 4 is 5.91 Å². The van der Waals surface area contributed by atoms with Crippen LogP contribution in [-0.4, -0.2) is 11.9 Å². The molecule has 84 valence electrons. The molecule has 0 saturated carbocycles. The lowest BCUT2D eigenvalue weighted by Crippen LogP contribution is -2.38. The van der Waals surface area contributed by atoms with Crippen LogP contribution in [-0.2, 0) is 4.79 Å². The van der Waals surface area contributed by atoms with Gasteiger partial charge in [-0.25, -0.2) is 0 Å². The number of hydrogen-bond donors (Lipinski definition) is 1. The Kier molecular flexibility index (Phi) is 5.82. The summed E-state index contributed by atoms with van der Waals surface area (Å²) in [6.07, 6.45) is 0.982. The lowest BCUT2D eigenvalue weighted by molar-refractivity contribution is -0.127. The minimum absolute atomic E-state index is 0.164. The summed E-state index contributed by atoms with van der Waals surface area (Å²) in [5.41, 5.74) is 0. The summed E-state index contributed by atoms with van der Waals surface area (Å²) in [6, 6.07) is 0.246. The van der Waals surface area contributed by atoms with Crippen LogP contribution in [0.25, 0.3) is 0 Å². The van der Waals surface area contributed by atoms with Crippen molar-refractivity contribution in [2.24, 2.45) is 17.8 Å². The molecule has 1 unspecified atom stereocenters. The highest BCUT2D eigenvalue weighted by Gasteiger charge is 2.23. The third kappa shape index (κ3) is 5.25. The zero-order valence-electron chi connectivity index (χ0n) is 10.4. The fourth-order valence-electron chi connectivity index (χ4n) is 1.58. The summed E-state index contributed by atoms with van der Waals surface area (Å²) in [6.45, 7) is 12.6. The van der Waals surface area contributed by atoms with Gasteiger partial charge in [0.05, 0.1) is 0 Å². The van der Waals surface area contributed by atoms with E-state index in [2.05, 4.69) is 33.0 Å². The van der Waals surface area contributed by atoms with Gasteiger partial charge in [-0.15, -0.1) is 0 Å². The highest BCUT2D eigenvalue weighted by atomic mass is 16.1. The number of carbonyl (C=O) groups excluding carboxylic acids is 1. The Morgan fingerprint density at radius 3 is 1.86 bits per heavy atom. The van der Waals surface area contributed by atoms with E-state index in [1.54, 1.807) is 0 Å². The van der Waals surface area contributed by atoms with E-state index in [1.807, 2.05) is 13.8 Å². The van der Waals surface area contributed by atoms with Crippen LogP contribution >= 0.6 is 0 Å². The van der Waals surface area contributed by atoms with E-state index in [-0.39, 0.29) is 17.9 Å². The molecule has 0 saturated heterocycles. The van der Waals surface area contributed by atoms with Crippen LogP contribution in [0.1, 0.15) is 48.0 Å². The molecule has 2 nitrogen and oxygen atoms in total. The summed E-state index contributed by atoms with van der Waals surface area (Å²) in [7, 11) is 0. The van der Waals surface area contributed by atoms with Gasteiger partial charge in [0.1, 0.15) is 0 Å². The molecule has 0 rings (SSSR count). The van der Waals surface area contributed by atoms with Crippen LogP contribution in [0.3, 0.4) is 0 Å². The second kappa shape index (κ2) is 6.05. The first kappa shape index (κ1) is 13.5. The first-order chi connectivity index (χ1) is 6.34. The Labute approximate surface area is 88.5 Å². The van der Waals surface area contributed by atoms with E-state index >= 15 is 0 Å². The summed E-state index contributed by atoms with van der Waals surface area (Å²) >= 11 is 0. The molecule has 0 aliphatic carbocycles. The van der Waals surface area contributed by atoms with Gasteiger partial charge in [-0.2, -0.15) is 0 Å². The van der Waals surface area contributed by atoms with Crippen LogP contribution in [0.15, 0.2) is 0 Å². The van der Waals surface area contributed by atoms with Gasteiger partial charge in [-0.3, -0.25) is 4.79 Å². The van der Waals surface area contributed by atoms with Gasteiger partial charge in [-0.1, -0.05) is 27.7 Å². The van der Waals surface area contributed by atoms with Crippen LogP contribution in [0, 0.1) is 17.8 Å².